The second-order valence-electron chi connectivity index (χ2n) is 2.19. The first-order chi connectivity index (χ1) is 6.02. The van der Waals surface area contributed by atoms with Crippen molar-refractivity contribution in [2.75, 3.05) is 0 Å². The number of non-ortho nitro benzene ring substituents is 1. The fraction of sp³-hybridized carbons (Fsp3) is 0. The fourth-order valence-corrected chi connectivity index (χ4v) is 1.23. The van der Waals surface area contributed by atoms with Crippen LogP contribution in [0.25, 0.3) is 0 Å². The topological polar surface area (TPSA) is 86.3 Å². The van der Waals surface area contributed by atoms with Crippen molar-refractivity contribution >= 4 is 48.8 Å². The molecule has 0 unspecified atom stereocenters. The summed E-state index contributed by atoms with van der Waals surface area (Å²) in [5.74, 6) is 0. The molecular weight excluding hydrogens is 323 g/mol. The van der Waals surface area contributed by atoms with E-state index >= 15 is 0 Å². The van der Waals surface area contributed by atoms with E-state index in [0.29, 0.717) is 4.46 Å². The average molecular weight is 328 g/mol. The van der Waals surface area contributed by atoms with Crippen LogP contribution in [-0.4, -0.2) is 25.9 Å². The summed E-state index contributed by atoms with van der Waals surface area (Å²) in [5.41, 5.74) is -0.532. The third-order valence-electron chi connectivity index (χ3n) is 1.37. The minimum absolute atomic E-state index is 0. The molecular formula is C6H5BrN2O4Se. The Morgan fingerprint density at radius 3 is 2.14 bits per heavy atom. The Hall–Kier alpha value is -0.981. The van der Waals surface area contributed by atoms with Crippen LogP contribution in [-0.2, 0) is 0 Å². The van der Waals surface area contributed by atoms with E-state index in [2.05, 4.69) is 0 Å². The molecule has 0 saturated carbocycles. The van der Waals surface area contributed by atoms with Crippen LogP contribution in [0, 0.1) is 20.2 Å². The van der Waals surface area contributed by atoms with Crippen molar-refractivity contribution in [2.24, 2.45) is 0 Å². The van der Waals surface area contributed by atoms with Crippen LogP contribution in [0.3, 0.4) is 0 Å². The monoisotopic (exact) mass is 328 g/mol. The molecule has 1 aromatic carbocycles. The predicted molar refractivity (Wildman–Crippen MR) is 56.9 cm³/mol. The molecule has 0 amide bonds. The van der Waals surface area contributed by atoms with Crippen LogP contribution in [0.2, 0.25) is 0 Å². The van der Waals surface area contributed by atoms with Gasteiger partial charge < -0.3 is 0 Å². The van der Waals surface area contributed by atoms with Gasteiger partial charge in [-0.25, -0.2) is 0 Å². The van der Waals surface area contributed by atoms with Crippen molar-refractivity contribution in [3.05, 3.63) is 38.4 Å². The molecule has 0 atom stereocenters. The molecule has 0 N–H and O–H groups in total. The molecule has 0 aromatic heterocycles. The maximum atomic E-state index is 10.4. The molecule has 0 heterocycles. The van der Waals surface area contributed by atoms with Crippen molar-refractivity contribution in [2.45, 2.75) is 0 Å². The first-order valence-corrected chi connectivity index (χ1v) is 4.08. The molecule has 0 aliphatic heterocycles. The second-order valence-corrected chi connectivity index (χ2v) is 3.20. The number of nitro groups is 2. The van der Waals surface area contributed by atoms with Gasteiger partial charge in [0.25, 0.3) is 0 Å². The Bertz CT molecular complexity index is 384. The summed E-state index contributed by atoms with van der Waals surface area (Å²) in [6, 6.07) is 3.49. The Morgan fingerprint density at radius 1 is 1.14 bits per heavy atom. The minimum atomic E-state index is -0.667. The summed E-state index contributed by atoms with van der Waals surface area (Å²) < 4.78 is 0.350. The number of hydrogen-bond donors (Lipinski definition) is 0. The zero-order valence-electron chi connectivity index (χ0n) is 6.61. The molecule has 0 aliphatic carbocycles. The van der Waals surface area contributed by atoms with E-state index in [1.54, 1.807) is 0 Å². The molecule has 8 heteroatoms. The van der Waals surface area contributed by atoms with Gasteiger partial charge in [-0.15, -0.1) is 17.0 Å². The standard InChI is InChI=1S/C6H4N2O4Se.BrH/c9-7(10)4-1-2-6(13)5(3-4)8(11)12;/h1-3,13H;1H. The maximum absolute atomic E-state index is 10.4. The normalized spacial score (nSPS) is 8.93. The molecule has 0 saturated heterocycles. The zero-order chi connectivity index (χ0) is 10.0. The third-order valence-corrected chi connectivity index (χ3v) is 2.16. The summed E-state index contributed by atoms with van der Waals surface area (Å²) in [4.78, 5) is 19.3. The van der Waals surface area contributed by atoms with Gasteiger partial charge in [-0.1, -0.05) is 0 Å². The molecule has 0 bridgehead atoms. The van der Waals surface area contributed by atoms with Crippen LogP contribution in [0.4, 0.5) is 11.4 Å². The third kappa shape index (κ3) is 2.76. The van der Waals surface area contributed by atoms with Crippen LogP contribution in [0.1, 0.15) is 0 Å². The fourth-order valence-electron chi connectivity index (χ4n) is 0.772. The van der Waals surface area contributed by atoms with Crippen molar-refractivity contribution < 1.29 is 9.85 Å². The van der Waals surface area contributed by atoms with Crippen molar-refractivity contribution in [3.63, 3.8) is 0 Å². The van der Waals surface area contributed by atoms with E-state index in [1.165, 1.54) is 12.1 Å². The van der Waals surface area contributed by atoms with E-state index in [1.807, 2.05) is 16.0 Å². The average Bonchev–Trinajstić information content (AvgIpc) is 2.04. The molecule has 14 heavy (non-hydrogen) atoms. The van der Waals surface area contributed by atoms with E-state index in [0.717, 1.165) is 6.07 Å². The predicted octanol–water partition coefficient (Wildman–Crippen LogP) is 0.607. The van der Waals surface area contributed by atoms with Gasteiger partial charge in [-0.2, -0.15) is 0 Å². The molecule has 6 nitrogen and oxygen atoms in total. The summed E-state index contributed by atoms with van der Waals surface area (Å²) in [7, 11) is 0. The molecule has 0 radical (unpaired) electrons. The van der Waals surface area contributed by atoms with Gasteiger partial charge in [0.1, 0.15) is 0 Å². The van der Waals surface area contributed by atoms with Gasteiger partial charge >= 0.3 is 80.1 Å². The summed E-state index contributed by atoms with van der Waals surface area (Å²) >= 11 is 1.99. The molecule has 0 fully saturated rings. The summed E-state index contributed by atoms with van der Waals surface area (Å²) in [6.07, 6.45) is 0. The van der Waals surface area contributed by atoms with E-state index in [9.17, 15) is 20.2 Å². The van der Waals surface area contributed by atoms with Crippen molar-refractivity contribution in [1.82, 2.24) is 0 Å². The van der Waals surface area contributed by atoms with Crippen LogP contribution >= 0.6 is 17.0 Å². The Labute approximate surface area is 97.2 Å². The van der Waals surface area contributed by atoms with Gasteiger partial charge in [0.05, 0.1) is 0 Å². The molecule has 0 spiro atoms. The van der Waals surface area contributed by atoms with Gasteiger partial charge in [-0.3, -0.25) is 0 Å². The molecule has 1 rings (SSSR count). The second kappa shape index (κ2) is 5.04. The number of rotatable bonds is 2. The Kier molecular flexibility index (Phi) is 4.69. The summed E-state index contributed by atoms with van der Waals surface area (Å²) in [5, 5.41) is 20.6. The van der Waals surface area contributed by atoms with Gasteiger partial charge in [-0.05, 0) is 0 Å². The van der Waals surface area contributed by atoms with Crippen LogP contribution in [0.15, 0.2) is 18.2 Å². The van der Waals surface area contributed by atoms with Crippen LogP contribution in [0.5, 0.6) is 0 Å². The van der Waals surface area contributed by atoms with Gasteiger partial charge in [0.2, 0.25) is 0 Å². The van der Waals surface area contributed by atoms with E-state index in [4.69, 9.17) is 0 Å². The first-order valence-electron chi connectivity index (χ1n) is 3.14. The number of benzene rings is 1. The number of nitrogens with zero attached hydrogens (tertiary/aromatic N) is 2. The Morgan fingerprint density at radius 2 is 1.71 bits per heavy atom. The quantitative estimate of drug-likeness (QED) is 0.452. The Balaban J connectivity index is 0.00000169. The molecule has 76 valence electrons. The molecule has 0 aliphatic rings. The van der Waals surface area contributed by atoms with Crippen molar-refractivity contribution in [3.8, 4) is 0 Å². The van der Waals surface area contributed by atoms with E-state index < -0.39 is 9.85 Å². The summed E-state index contributed by atoms with van der Waals surface area (Å²) in [6.45, 7) is 0. The number of hydrogen-bond acceptors (Lipinski definition) is 4. The van der Waals surface area contributed by atoms with Gasteiger partial charge in [0.15, 0.2) is 0 Å². The first kappa shape index (κ1) is 13.0. The number of nitro benzene ring substituents is 2. The zero-order valence-corrected chi connectivity index (χ0v) is 10.2. The molecule has 1 aromatic rings. The van der Waals surface area contributed by atoms with Crippen molar-refractivity contribution in [1.29, 1.82) is 0 Å². The number of halogens is 1. The van der Waals surface area contributed by atoms with Gasteiger partial charge in [0, 0.05) is 0 Å². The van der Waals surface area contributed by atoms with Crippen LogP contribution < -0.4 is 4.46 Å². The SMILES string of the molecule is Br.O=[N+]([O-])c1ccc([SeH])c([N+](=O)[O-])c1. The van der Waals surface area contributed by atoms with E-state index in [-0.39, 0.29) is 28.4 Å².